The van der Waals surface area contributed by atoms with Crippen LogP contribution in [-0.4, -0.2) is 48.1 Å². The van der Waals surface area contributed by atoms with E-state index in [0.717, 1.165) is 5.56 Å². The fraction of sp³-hybridized carbons (Fsp3) is 0.435. The Balaban J connectivity index is 1.56. The van der Waals surface area contributed by atoms with Crippen molar-refractivity contribution in [1.82, 2.24) is 15.1 Å². The number of carbonyl (C=O) groups excluding carboxylic acids is 1. The molecule has 2 amide bonds. The van der Waals surface area contributed by atoms with Crippen LogP contribution in [-0.2, 0) is 18.9 Å². The lowest BCUT2D eigenvalue weighted by Gasteiger charge is -2.38. The normalized spacial score (nSPS) is 21.7. The molecule has 0 saturated carbocycles. The summed E-state index contributed by atoms with van der Waals surface area (Å²) in [5.74, 6) is -0.104. The van der Waals surface area contributed by atoms with Gasteiger partial charge in [-0.05, 0) is 54.4 Å². The van der Waals surface area contributed by atoms with Gasteiger partial charge in [-0.2, -0.15) is 26.3 Å². The highest BCUT2D eigenvalue weighted by Gasteiger charge is 2.40. The van der Waals surface area contributed by atoms with Crippen molar-refractivity contribution in [2.24, 2.45) is 0 Å². The molecule has 1 N–H and O–H groups in total. The van der Waals surface area contributed by atoms with Crippen molar-refractivity contribution >= 4 is 29.2 Å². The van der Waals surface area contributed by atoms with Crippen LogP contribution in [0.1, 0.15) is 34.6 Å². The third-order valence-electron chi connectivity index (χ3n) is 6.37. The van der Waals surface area contributed by atoms with Gasteiger partial charge in [-0.15, -0.1) is 0 Å². The molecule has 190 valence electrons. The first-order chi connectivity index (χ1) is 16.3. The molecule has 12 heteroatoms. The maximum atomic E-state index is 13.2. The number of hydrogen-bond donors (Lipinski definition) is 1. The van der Waals surface area contributed by atoms with Crippen molar-refractivity contribution in [1.29, 1.82) is 0 Å². The quantitative estimate of drug-likeness (QED) is 0.455. The van der Waals surface area contributed by atoms with Gasteiger partial charge in [0.15, 0.2) is 0 Å². The molecule has 4 nitrogen and oxygen atoms in total. The van der Waals surface area contributed by atoms with Crippen LogP contribution in [0.25, 0.3) is 0 Å². The Bertz CT molecular complexity index is 1080. The van der Waals surface area contributed by atoms with E-state index in [0.29, 0.717) is 48.2 Å². The first-order valence-electron chi connectivity index (χ1n) is 10.8. The van der Waals surface area contributed by atoms with E-state index in [1.807, 2.05) is 6.07 Å². The molecule has 2 aliphatic rings. The second kappa shape index (κ2) is 9.71. The number of benzene rings is 2. The molecule has 2 fully saturated rings. The number of amides is 2. The summed E-state index contributed by atoms with van der Waals surface area (Å²) in [6.07, 6.45) is -9.26. The Hall–Kier alpha value is -2.17. The highest BCUT2D eigenvalue weighted by atomic mass is 35.5. The average molecular weight is 540 g/mol. The Kier molecular flexibility index (Phi) is 7.19. The lowest BCUT2D eigenvalue weighted by Crippen LogP contribution is -2.49. The van der Waals surface area contributed by atoms with Gasteiger partial charge < -0.3 is 15.1 Å². The standard InChI is InChI=1S/C23H21Cl2F6N3O/c24-18-2-1-14(9-19(18)25)17-11-32-4-3-20(17)34-6-5-33(21(34)35)12-13-7-15(22(26,27)28)10-16(8-13)23(29,30)31/h1-2,7-10,17,20,32H,3-6,11-12H2. The van der Waals surface area contributed by atoms with Crippen molar-refractivity contribution in [3.8, 4) is 0 Å². The van der Waals surface area contributed by atoms with Crippen LogP contribution in [0, 0.1) is 0 Å². The summed E-state index contributed by atoms with van der Waals surface area (Å²) in [5, 5.41) is 4.07. The van der Waals surface area contributed by atoms with E-state index >= 15 is 0 Å². The minimum atomic E-state index is -4.95. The Morgan fingerprint density at radius 1 is 0.914 bits per heavy atom. The van der Waals surface area contributed by atoms with Gasteiger partial charge in [-0.1, -0.05) is 29.3 Å². The van der Waals surface area contributed by atoms with Crippen LogP contribution in [0.4, 0.5) is 31.1 Å². The van der Waals surface area contributed by atoms with Crippen LogP contribution < -0.4 is 5.32 Å². The maximum absolute atomic E-state index is 13.2. The van der Waals surface area contributed by atoms with Crippen molar-refractivity contribution in [2.75, 3.05) is 26.2 Å². The van der Waals surface area contributed by atoms with Crippen molar-refractivity contribution < 1.29 is 31.1 Å². The van der Waals surface area contributed by atoms with Crippen molar-refractivity contribution in [3.63, 3.8) is 0 Å². The van der Waals surface area contributed by atoms with Crippen molar-refractivity contribution in [2.45, 2.75) is 37.3 Å². The summed E-state index contributed by atoms with van der Waals surface area (Å²) in [6.45, 7) is 1.38. The Morgan fingerprint density at radius 2 is 1.57 bits per heavy atom. The predicted octanol–water partition coefficient (Wildman–Crippen LogP) is 6.41. The predicted molar refractivity (Wildman–Crippen MR) is 119 cm³/mol. The van der Waals surface area contributed by atoms with E-state index in [-0.39, 0.29) is 36.7 Å². The van der Waals surface area contributed by atoms with E-state index < -0.39 is 29.5 Å². The van der Waals surface area contributed by atoms with Crippen LogP contribution in [0.2, 0.25) is 10.0 Å². The number of nitrogens with zero attached hydrogens (tertiary/aromatic N) is 2. The number of rotatable bonds is 4. The number of halogens is 8. The molecule has 0 radical (unpaired) electrons. The first-order valence-corrected chi connectivity index (χ1v) is 11.6. The Morgan fingerprint density at radius 3 is 2.17 bits per heavy atom. The maximum Gasteiger partial charge on any atom is 0.416 e. The molecule has 0 aromatic heterocycles. The Labute approximate surface area is 207 Å². The van der Waals surface area contributed by atoms with Crippen LogP contribution in [0.15, 0.2) is 36.4 Å². The molecule has 2 atom stereocenters. The summed E-state index contributed by atoms with van der Waals surface area (Å²) >= 11 is 12.2. The van der Waals surface area contributed by atoms with Gasteiger partial charge in [-0.25, -0.2) is 4.79 Å². The number of carbonyl (C=O) groups is 1. The monoisotopic (exact) mass is 539 g/mol. The van der Waals surface area contributed by atoms with E-state index in [4.69, 9.17) is 23.2 Å². The molecule has 2 aromatic carbocycles. The molecule has 2 unspecified atom stereocenters. The lowest BCUT2D eigenvalue weighted by molar-refractivity contribution is -0.143. The highest BCUT2D eigenvalue weighted by Crippen LogP contribution is 2.37. The summed E-state index contributed by atoms with van der Waals surface area (Å²) in [5.41, 5.74) is -2.14. The second-order valence-electron chi connectivity index (χ2n) is 8.65. The van der Waals surface area contributed by atoms with E-state index in [1.54, 1.807) is 17.0 Å². The molecule has 2 heterocycles. The van der Waals surface area contributed by atoms with Gasteiger partial charge in [0.2, 0.25) is 0 Å². The number of piperidine rings is 1. The molecule has 2 aromatic rings. The van der Waals surface area contributed by atoms with Gasteiger partial charge in [0.25, 0.3) is 0 Å². The molecule has 0 bridgehead atoms. The molecule has 35 heavy (non-hydrogen) atoms. The topological polar surface area (TPSA) is 35.6 Å². The number of nitrogens with one attached hydrogen (secondary N) is 1. The van der Waals surface area contributed by atoms with Gasteiger partial charge in [0.1, 0.15) is 0 Å². The zero-order chi connectivity index (χ0) is 25.5. The number of hydrogen-bond acceptors (Lipinski definition) is 2. The summed E-state index contributed by atoms with van der Waals surface area (Å²) < 4.78 is 79.3. The summed E-state index contributed by atoms with van der Waals surface area (Å²) in [6, 6.07) is 6.02. The van der Waals surface area contributed by atoms with Crippen molar-refractivity contribution in [3.05, 3.63) is 68.7 Å². The highest BCUT2D eigenvalue weighted by molar-refractivity contribution is 6.42. The largest absolute Gasteiger partial charge is 0.416 e. The fourth-order valence-electron chi connectivity index (χ4n) is 4.69. The van der Waals surface area contributed by atoms with Gasteiger partial charge in [0.05, 0.1) is 21.2 Å². The zero-order valence-electron chi connectivity index (χ0n) is 18.2. The third-order valence-corrected chi connectivity index (χ3v) is 7.10. The fourth-order valence-corrected chi connectivity index (χ4v) is 4.99. The molecular formula is C23H21Cl2F6N3O. The van der Waals surface area contributed by atoms with Gasteiger partial charge >= 0.3 is 18.4 Å². The first kappa shape index (κ1) is 25.9. The number of alkyl halides is 6. The van der Waals surface area contributed by atoms with Crippen LogP contribution >= 0.6 is 23.2 Å². The van der Waals surface area contributed by atoms with Crippen LogP contribution in [0.5, 0.6) is 0 Å². The molecule has 0 aliphatic carbocycles. The van der Waals surface area contributed by atoms with Crippen LogP contribution in [0.3, 0.4) is 0 Å². The number of urea groups is 1. The molecular weight excluding hydrogens is 519 g/mol. The third kappa shape index (κ3) is 5.65. The van der Waals surface area contributed by atoms with E-state index in [1.165, 1.54) is 4.90 Å². The van der Waals surface area contributed by atoms with E-state index in [9.17, 15) is 31.1 Å². The molecule has 2 aliphatic heterocycles. The SMILES string of the molecule is O=C1N(Cc2cc(C(F)(F)F)cc(C(F)(F)F)c2)CCN1C1CCNCC1c1ccc(Cl)c(Cl)c1. The minimum Gasteiger partial charge on any atom is -0.319 e. The second-order valence-corrected chi connectivity index (χ2v) is 9.47. The molecule has 0 spiro atoms. The smallest absolute Gasteiger partial charge is 0.319 e. The zero-order valence-corrected chi connectivity index (χ0v) is 19.7. The molecule has 4 rings (SSSR count). The summed E-state index contributed by atoms with van der Waals surface area (Å²) in [7, 11) is 0. The van der Waals surface area contributed by atoms with E-state index in [2.05, 4.69) is 5.32 Å². The van der Waals surface area contributed by atoms with Gasteiger partial charge in [-0.3, -0.25) is 0 Å². The summed E-state index contributed by atoms with van der Waals surface area (Å²) in [4.78, 5) is 16.1. The average Bonchev–Trinajstić information content (AvgIpc) is 3.14. The minimum absolute atomic E-state index is 0.0818. The molecule has 2 saturated heterocycles. The lowest BCUT2D eigenvalue weighted by atomic mass is 9.86. The van der Waals surface area contributed by atoms with Gasteiger partial charge in [0, 0.05) is 38.1 Å².